The zero-order chi connectivity index (χ0) is 10.8. The normalized spacial score (nSPS) is 17.5. The molecule has 0 spiro atoms. The Labute approximate surface area is 94.9 Å². The maximum Gasteiger partial charge on any atom is 0.0954 e. The van der Waals surface area contributed by atoms with E-state index in [9.17, 15) is 0 Å². The van der Waals surface area contributed by atoms with Crippen LogP contribution in [0.4, 0.5) is 0 Å². The van der Waals surface area contributed by atoms with Gasteiger partial charge < -0.3 is 4.74 Å². The van der Waals surface area contributed by atoms with Gasteiger partial charge in [0.15, 0.2) is 0 Å². The van der Waals surface area contributed by atoms with Gasteiger partial charge in [-0.25, -0.2) is 0 Å². The average molecular weight is 210 g/mol. The molecule has 0 radical (unpaired) electrons. The first-order chi connectivity index (χ1) is 7.43. The molecule has 0 amide bonds. The molecule has 1 fully saturated rings. The van der Waals surface area contributed by atoms with Crippen LogP contribution in [0.1, 0.15) is 71.1 Å². The molecule has 1 heteroatoms. The van der Waals surface area contributed by atoms with E-state index in [2.05, 4.69) is 13.0 Å². The summed E-state index contributed by atoms with van der Waals surface area (Å²) in [5.41, 5.74) is 0. The Hall–Kier alpha value is -0.460. The van der Waals surface area contributed by atoms with Crippen LogP contribution < -0.4 is 0 Å². The highest BCUT2D eigenvalue weighted by Crippen LogP contribution is 2.17. The first-order valence-corrected chi connectivity index (χ1v) is 6.75. The van der Waals surface area contributed by atoms with Crippen molar-refractivity contribution in [1.29, 1.82) is 0 Å². The lowest BCUT2D eigenvalue weighted by molar-refractivity contribution is 0.116. The van der Waals surface area contributed by atoms with Crippen LogP contribution in [0.3, 0.4) is 0 Å². The lowest BCUT2D eigenvalue weighted by Gasteiger charge is -2.18. The van der Waals surface area contributed by atoms with Crippen LogP contribution in [0, 0.1) is 0 Å². The quantitative estimate of drug-likeness (QED) is 0.496. The predicted molar refractivity (Wildman–Crippen MR) is 65.9 cm³/mol. The summed E-state index contributed by atoms with van der Waals surface area (Å²) in [6.45, 7) is 3.22. The minimum absolute atomic E-state index is 0.948. The number of hydrogen-bond acceptors (Lipinski definition) is 1. The Balaban J connectivity index is 1.73. The number of allylic oxidation sites excluding steroid dienone is 1. The van der Waals surface area contributed by atoms with Crippen molar-refractivity contribution in [2.24, 2.45) is 0 Å². The van der Waals surface area contributed by atoms with E-state index in [1.807, 2.05) is 0 Å². The summed E-state index contributed by atoms with van der Waals surface area (Å²) in [5, 5.41) is 0. The lowest BCUT2D eigenvalue weighted by Crippen LogP contribution is -2.08. The second-order valence-corrected chi connectivity index (χ2v) is 4.53. The van der Waals surface area contributed by atoms with Gasteiger partial charge in [-0.05, 0) is 18.9 Å². The summed E-state index contributed by atoms with van der Waals surface area (Å²) in [7, 11) is 0. The van der Waals surface area contributed by atoms with Crippen LogP contribution in [0.25, 0.3) is 0 Å². The molecule has 1 rings (SSSR count). The smallest absolute Gasteiger partial charge is 0.0954 e. The molecule has 0 atom stereocenters. The van der Waals surface area contributed by atoms with Crippen molar-refractivity contribution < 1.29 is 4.74 Å². The molecule has 1 aliphatic heterocycles. The maximum atomic E-state index is 5.26. The van der Waals surface area contributed by atoms with Crippen molar-refractivity contribution in [2.45, 2.75) is 71.1 Å². The number of unbranched alkanes of at least 4 members (excludes halogenated alkanes) is 8. The van der Waals surface area contributed by atoms with Crippen molar-refractivity contribution in [3.8, 4) is 0 Å². The Morgan fingerprint density at radius 1 is 1.00 bits per heavy atom. The van der Waals surface area contributed by atoms with Gasteiger partial charge in [0, 0.05) is 6.42 Å². The van der Waals surface area contributed by atoms with Crippen LogP contribution in [0.5, 0.6) is 0 Å². The molecule has 0 bridgehead atoms. The Bertz CT molecular complexity index is 166. The standard InChI is InChI=1S/C14H26O/c1-2-3-4-5-6-7-8-9-10-11-14-12-13-15-14/h11H,2-10,12-13H2,1H3/b14-11+. The molecule has 0 saturated carbocycles. The third kappa shape index (κ3) is 6.59. The molecule has 1 heterocycles. The predicted octanol–water partition coefficient (Wildman–Crippen LogP) is 4.82. The Kier molecular flexibility index (Phi) is 7.41. The fourth-order valence-electron chi connectivity index (χ4n) is 1.92. The van der Waals surface area contributed by atoms with Crippen molar-refractivity contribution in [2.75, 3.05) is 6.61 Å². The fourth-order valence-corrected chi connectivity index (χ4v) is 1.92. The van der Waals surface area contributed by atoms with Crippen LogP contribution >= 0.6 is 0 Å². The highest BCUT2D eigenvalue weighted by molar-refractivity contribution is 4.98. The third-order valence-corrected chi connectivity index (χ3v) is 3.07. The van der Waals surface area contributed by atoms with Gasteiger partial charge in [-0.3, -0.25) is 0 Å². The van der Waals surface area contributed by atoms with Gasteiger partial charge in [0.25, 0.3) is 0 Å². The van der Waals surface area contributed by atoms with E-state index in [-0.39, 0.29) is 0 Å². The minimum atomic E-state index is 0.948. The van der Waals surface area contributed by atoms with Crippen molar-refractivity contribution in [3.05, 3.63) is 11.8 Å². The van der Waals surface area contributed by atoms with E-state index in [0.717, 1.165) is 6.61 Å². The number of rotatable bonds is 9. The first-order valence-electron chi connectivity index (χ1n) is 6.75. The Morgan fingerprint density at radius 2 is 1.60 bits per heavy atom. The van der Waals surface area contributed by atoms with Crippen LogP contribution in [0.15, 0.2) is 11.8 Å². The summed E-state index contributed by atoms with van der Waals surface area (Å²) in [6, 6.07) is 0. The van der Waals surface area contributed by atoms with Gasteiger partial charge in [0.1, 0.15) is 0 Å². The number of ether oxygens (including phenoxy) is 1. The van der Waals surface area contributed by atoms with Gasteiger partial charge in [-0.15, -0.1) is 0 Å². The second-order valence-electron chi connectivity index (χ2n) is 4.53. The summed E-state index contributed by atoms with van der Waals surface area (Å²) in [4.78, 5) is 0. The molecule has 1 nitrogen and oxygen atoms in total. The molecule has 0 aromatic rings. The van der Waals surface area contributed by atoms with E-state index in [4.69, 9.17) is 4.74 Å². The topological polar surface area (TPSA) is 9.23 Å². The minimum Gasteiger partial charge on any atom is -0.498 e. The lowest BCUT2D eigenvalue weighted by atomic mass is 10.1. The highest BCUT2D eigenvalue weighted by Gasteiger charge is 2.07. The van der Waals surface area contributed by atoms with Crippen LogP contribution in [-0.4, -0.2) is 6.61 Å². The van der Waals surface area contributed by atoms with Gasteiger partial charge >= 0.3 is 0 Å². The highest BCUT2D eigenvalue weighted by atomic mass is 16.5. The SMILES string of the molecule is CCCCCCCCCC/C=C1\CCO1. The summed E-state index contributed by atoms with van der Waals surface area (Å²) >= 11 is 0. The summed E-state index contributed by atoms with van der Waals surface area (Å²) < 4.78 is 5.26. The van der Waals surface area contributed by atoms with Gasteiger partial charge in [-0.2, -0.15) is 0 Å². The molecular formula is C14H26O. The average Bonchev–Trinajstić information content (AvgIpc) is 2.18. The zero-order valence-corrected chi connectivity index (χ0v) is 10.3. The fraction of sp³-hybridized carbons (Fsp3) is 0.857. The van der Waals surface area contributed by atoms with E-state index < -0.39 is 0 Å². The molecule has 0 aromatic carbocycles. The molecule has 0 aliphatic carbocycles. The third-order valence-electron chi connectivity index (χ3n) is 3.07. The van der Waals surface area contributed by atoms with Crippen molar-refractivity contribution in [1.82, 2.24) is 0 Å². The second kappa shape index (κ2) is 8.82. The molecule has 1 saturated heterocycles. The maximum absolute atomic E-state index is 5.26. The van der Waals surface area contributed by atoms with Crippen molar-refractivity contribution in [3.63, 3.8) is 0 Å². The van der Waals surface area contributed by atoms with Gasteiger partial charge in [0.2, 0.25) is 0 Å². The zero-order valence-electron chi connectivity index (χ0n) is 10.3. The Morgan fingerprint density at radius 3 is 2.13 bits per heavy atom. The molecular weight excluding hydrogens is 184 g/mol. The number of hydrogen-bond donors (Lipinski definition) is 0. The van der Waals surface area contributed by atoms with E-state index in [1.54, 1.807) is 0 Å². The van der Waals surface area contributed by atoms with Crippen LogP contribution in [0.2, 0.25) is 0 Å². The molecule has 0 aromatic heterocycles. The molecule has 15 heavy (non-hydrogen) atoms. The summed E-state index contributed by atoms with van der Waals surface area (Å²) in [5.74, 6) is 1.23. The van der Waals surface area contributed by atoms with E-state index in [0.29, 0.717) is 0 Å². The molecule has 1 aliphatic rings. The molecule has 0 unspecified atom stereocenters. The van der Waals surface area contributed by atoms with Crippen LogP contribution in [-0.2, 0) is 4.74 Å². The monoisotopic (exact) mass is 210 g/mol. The molecule has 88 valence electrons. The molecule has 0 N–H and O–H groups in total. The van der Waals surface area contributed by atoms with E-state index >= 15 is 0 Å². The largest absolute Gasteiger partial charge is 0.498 e. The van der Waals surface area contributed by atoms with E-state index in [1.165, 1.54) is 70.0 Å². The van der Waals surface area contributed by atoms with Crippen molar-refractivity contribution >= 4 is 0 Å². The van der Waals surface area contributed by atoms with Gasteiger partial charge in [0.05, 0.1) is 12.4 Å². The van der Waals surface area contributed by atoms with Gasteiger partial charge in [-0.1, -0.05) is 51.9 Å². The first kappa shape index (κ1) is 12.6. The summed E-state index contributed by atoms with van der Waals surface area (Å²) in [6.07, 6.45) is 15.9.